The van der Waals surface area contributed by atoms with Crippen molar-refractivity contribution in [1.29, 1.82) is 0 Å². The summed E-state index contributed by atoms with van der Waals surface area (Å²) in [4.78, 5) is 28.8. The third-order valence-electron chi connectivity index (χ3n) is 3.39. The number of nitrogens with zero attached hydrogens (tertiary/aromatic N) is 2. The second-order valence-corrected chi connectivity index (χ2v) is 5.94. The topological polar surface area (TPSA) is 82.5 Å². The molecular formula is C13H19N3O3S. The minimum absolute atomic E-state index is 0.0455. The van der Waals surface area contributed by atoms with Crippen molar-refractivity contribution in [2.45, 2.75) is 45.2 Å². The number of rotatable bonds is 5. The summed E-state index contributed by atoms with van der Waals surface area (Å²) in [6.45, 7) is 2.00. The number of amides is 2. The van der Waals surface area contributed by atoms with Crippen LogP contribution in [0, 0.1) is 6.92 Å². The Kier molecular flexibility index (Phi) is 4.94. The summed E-state index contributed by atoms with van der Waals surface area (Å²) in [5.74, 6) is -0.975. The van der Waals surface area contributed by atoms with E-state index in [-0.39, 0.29) is 18.6 Å². The number of carboxylic acids is 1. The monoisotopic (exact) mass is 297 g/mol. The van der Waals surface area contributed by atoms with Gasteiger partial charge in [-0.15, -0.1) is 11.3 Å². The van der Waals surface area contributed by atoms with Gasteiger partial charge in [0.1, 0.15) is 11.6 Å². The first-order valence-corrected chi connectivity index (χ1v) is 7.61. The van der Waals surface area contributed by atoms with Crippen LogP contribution >= 0.6 is 11.3 Å². The molecule has 0 aliphatic heterocycles. The van der Waals surface area contributed by atoms with E-state index in [1.54, 1.807) is 0 Å². The Morgan fingerprint density at radius 2 is 2.20 bits per heavy atom. The number of aliphatic carboxylic acids is 1. The zero-order valence-electron chi connectivity index (χ0n) is 11.5. The van der Waals surface area contributed by atoms with Crippen molar-refractivity contribution in [1.82, 2.24) is 15.2 Å². The summed E-state index contributed by atoms with van der Waals surface area (Å²) in [5, 5.41) is 14.5. The van der Waals surface area contributed by atoms with E-state index >= 15 is 0 Å². The molecule has 0 radical (unpaired) electrons. The molecule has 2 rings (SSSR count). The summed E-state index contributed by atoms with van der Waals surface area (Å²) in [5.41, 5.74) is 0.928. The van der Waals surface area contributed by atoms with Crippen LogP contribution in [0.4, 0.5) is 4.79 Å². The first-order valence-electron chi connectivity index (χ1n) is 6.73. The van der Waals surface area contributed by atoms with Crippen molar-refractivity contribution in [2.24, 2.45) is 0 Å². The number of carbonyl (C=O) groups excluding carboxylic acids is 1. The Morgan fingerprint density at radius 1 is 1.50 bits per heavy atom. The lowest BCUT2D eigenvalue weighted by atomic mass is 10.2. The van der Waals surface area contributed by atoms with Gasteiger partial charge in [-0.3, -0.25) is 4.79 Å². The van der Waals surface area contributed by atoms with Gasteiger partial charge in [0.2, 0.25) is 0 Å². The van der Waals surface area contributed by atoms with E-state index in [0.29, 0.717) is 6.54 Å². The highest BCUT2D eigenvalue weighted by Crippen LogP contribution is 2.23. The number of carbonyl (C=O) groups is 2. The molecule has 7 heteroatoms. The highest BCUT2D eigenvalue weighted by atomic mass is 32.1. The molecule has 1 aromatic rings. The van der Waals surface area contributed by atoms with Crippen LogP contribution in [0.15, 0.2) is 5.38 Å². The van der Waals surface area contributed by atoms with Gasteiger partial charge in [0.25, 0.3) is 0 Å². The maximum absolute atomic E-state index is 12.2. The maximum Gasteiger partial charge on any atom is 0.323 e. The molecular weight excluding hydrogens is 278 g/mol. The number of thiazole rings is 1. The quantitative estimate of drug-likeness (QED) is 0.870. The molecule has 0 unspecified atom stereocenters. The zero-order valence-corrected chi connectivity index (χ0v) is 12.3. The lowest BCUT2D eigenvalue weighted by Gasteiger charge is -2.27. The lowest BCUT2D eigenvalue weighted by Crippen LogP contribution is -2.47. The molecule has 0 saturated heterocycles. The van der Waals surface area contributed by atoms with E-state index in [1.807, 2.05) is 12.3 Å². The molecule has 1 aliphatic carbocycles. The van der Waals surface area contributed by atoms with E-state index in [4.69, 9.17) is 5.11 Å². The number of urea groups is 1. The Balaban J connectivity index is 1.93. The standard InChI is InChI=1S/C13H19N3O3S/c1-9-8-20-11(15-9)6-14-13(19)16(7-12(17)18)10-4-2-3-5-10/h8,10H,2-7H2,1H3,(H,14,19)(H,17,18). The molecule has 1 fully saturated rings. The summed E-state index contributed by atoms with van der Waals surface area (Å²) in [7, 11) is 0. The van der Waals surface area contributed by atoms with Gasteiger partial charge in [0.15, 0.2) is 0 Å². The van der Waals surface area contributed by atoms with Crippen molar-refractivity contribution in [3.8, 4) is 0 Å². The number of aromatic nitrogens is 1. The van der Waals surface area contributed by atoms with Crippen LogP contribution in [0.3, 0.4) is 0 Å². The molecule has 0 spiro atoms. The van der Waals surface area contributed by atoms with Crippen molar-refractivity contribution < 1.29 is 14.7 Å². The van der Waals surface area contributed by atoms with Crippen molar-refractivity contribution >= 4 is 23.3 Å². The molecule has 0 atom stereocenters. The molecule has 1 aromatic heterocycles. The van der Waals surface area contributed by atoms with Crippen LogP contribution in [0.5, 0.6) is 0 Å². The number of nitrogens with one attached hydrogen (secondary N) is 1. The number of aryl methyl sites for hydroxylation is 1. The molecule has 1 heterocycles. The van der Waals surface area contributed by atoms with Gasteiger partial charge in [0.05, 0.1) is 6.54 Å². The van der Waals surface area contributed by atoms with Gasteiger partial charge >= 0.3 is 12.0 Å². The number of carboxylic acid groups (broad SMARTS) is 1. The summed E-state index contributed by atoms with van der Waals surface area (Å²) < 4.78 is 0. The van der Waals surface area contributed by atoms with Crippen LogP contribution < -0.4 is 5.32 Å². The van der Waals surface area contributed by atoms with Crippen LogP contribution in [0.25, 0.3) is 0 Å². The third-order valence-corrected chi connectivity index (χ3v) is 4.36. The first-order chi connectivity index (χ1) is 9.56. The molecule has 6 nitrogen and oxygen atoms in total. The van der Waals surface area contributed by atoms with Crippen LogP contribution in [-0.4, -0.2) is 39.6 Å². The molecule has 0 bridgehead atoms. The van der Waals surface area contributed by atoms with Gasteiger partial charge in [-0.1, -0.05) is 12.8 Å². The predicted octanol–water partition coefficient (Wildman–Crippen LogP) is 1.99. The van der Waals surface area contributed by atoms with Gasteiger partial charge in [-0.05, 0) is 19.8 Å². The highest BCUT2D eigenvalue weighted by Gasteiger charge is 2.28. The minimum Gasteiger partial charge on any atom is -0.480 e. The molecule has 1 aliphatic rings. The average Bonchev–Trinajstić information content (AvgIpc) is 3.04. The van der Waals surface area contributed by atoms with E-state index in [0.717, 1.165) is 36.4 Å². The number of hydrogen-bond acceptors (Lipinski definition) is 4. The lowest BCUT2D eigenvalue weighted by molar-refractivity contribution is -0.138. The fourth-order valence-corrected chi connectivity index (χ4v) is 3.18. The summed E-state index contributed by atoms with van der Waals surface area (Å²) in [6, 6.07) is -0.267. The Labute approximate surface area is 121 Å². The van der Waals surface area contributed by atoms with E-state index in [2.05, 4.69) is 10.3 Å². The Hall–Kier alpha value is -1.63. The Bertz CT molecular complexity index is 483. The SMILES string of the molecule is Cc1csc(CNC(=O)N(CC(=O)O)C2CCCC2)n1. The summed E-state index contributed by atoms with van der Waals surface area (Å²) in [6.07, 6.45) is 3.88. The van der Waals surface area contributed by atoms with Crippen molar-refractivity contribution in [3.05, 3.63) is 16.1 Å². The molecule has 2 amide bonds. The van der Waals surface area contributed by atoms with Crippen molar-refractivity contribution in [2.75, 3.05) is 6.54 Å². The Morgan fingerprint density at radius 3 is 2.75 bits per heavy atom. The average molecular weight is 297 g/mol. The smallest absolute Gasteiger partial charge is 0.323 e. The summed E-state index contributed by atoms with van der Waals surface area (Å²) >= 11 is 1.49. The first kappa shape index (κ1) is 14.8. The fourth-order valence-electron chi connectivity index (χ4n) is 2.47. The maximum atomic E-state index is 12.2. The van der Waals surface area contributed by atoms with E-state index in [1.165, 1.54) is 16.2 Å². The van der Waals surface area contributed by atoms with E-state index in [9.17, 15) is 9.59 Å². The molecule has 110 valence electrons. The van der Waals surface area contributed by atoms with Gasteiger partial charge in [-0.25, -0.2) is 9.78 Å². The zero-order chi connectivity index (χ0) is 14.5. The second-order valence-electron chi connectivity index (χ2n) is 5.00. The molecule has 1 saturated carbocycles. The molecule has 0 aromatic carbocycles. The largest absolute Gasteiger partial charge is 0.480 e. The highest BCUT2D eigenvalue weighted by molar-refractivity contribution is 7.09. The normalized spacial score (nSPS) is 15.2. The second kappa shape index (κ2) is 6.69. The van der Waals surface area contributed by atoms with Crippen LogP contribution in [-0.2, 0) is 11.3 Å². The minimum atomic E-state index is -0.975. The van der Waals surface area contributed by atoms with Gasteiger partial charge < -0.3 is 15.3 Å². The van der Waals surface area contributed by atoms with Crippen LogP contribution in [0.1, 0.15) is 36.4 Å². The molecule has 20 heavy (non-hydrogen) atoms. The van der Waals surface area contributed by atoms with Gasteiger partial charge in [-0.2, -0.15) is 0 Å². The van der Waals surface area contributed by atoms with E-state index < -0.39 is 5.97 Å². The predicted molar refractivity (Wildman–Crippen MR) is 75.7 cm³/mol. The fraction of sp³-hybridized carbons (Fsp3) is 0.615. The molecule has 2 N–H and O–H groups in total. The van der Waals surface area contributed by atoms with Crippen molar-refractivity contribution in [3.63, 3.8) is 0 Å². The number of hydrogen-bond donors (Lipinski definition) is 2. The van der Waals surface area contributed by atoms with Gasteiger partial charge in [0, 0.05) is 17.1 Å². The van der Waals surface area contributed by atoms with Crippen LogP contribution in [0.2, 0.25) is 0 Å². The third kappa shape index (κ3) is 3.93.